The molecule has 228 valence electrons. The maximum absolute atomic E-state index is 13.3. The lowest BCUT2D eigenvalue weighted by Gasteiger charge is -2.48. The zero-order chi connectivity index (χ0) is 30.1. The third-order valence-electron chi connectivity index (χ3n) is 9.76. The minimum absolute atomic E-state index is 0.101. The van der Waals surface area contributed by atoms with Crippen molar-refractivity contribution < 1.29 is 23.1 Å². The van der Waals surface area contributed by atoms with E-state index in [1.165, 1.54) is 5.56 Å². The summed E-state index contributed by atoms with van der Waals surface area (Å²) in [5.74, 6) is 0.128. The lowest BCUT2D eigenvalue weighted by atomic mass is 9.63. The number of allylic oxidation sites excluding steroid dienone is 1. The van der Waals surface area contributed by atoms with Crippen molar-refractivity contribution >= 4 is 33.2 Å². The fraction of sp³-hybridized carbons (Fsp3) is 0.545. The van der Waals surface area contributed by atoms with Gasteiger partial charge in [-0.25, -0.2) is 13.1 Å². The number of fused-ring (bicyclic) bond motifs is 3. The van der Waals surface area contributed by atoms with E-state index in [2.05, 4.69) is 9.62 Å². The average Bonchev–Trinajstić information content (AvgIpc) is 2.97. The van der Waals surface area contributed by atoms with Gasteiger partial charge in [0.05, 0.1) is 16.5 Å². The first-order chi connectivity index (χ1) is 20.0. The number of benzene rings is 2. The summed E-state index contributed by atoms with van der Waals surface area (Å²) in [6, 6.07) is 11.1. The molecule has 0 radical (unpaired) electrons. The Morgan fingerprint density at radius 1 is 1.12 bits per heavy atom. The molecular weight excluding hydrogens is 572 g/mol. The number of aliphatic hydroxyl groups is 1. The Morgan fingerprint density at radius 3 is 2.67 bits per heavy atom. The van der Waals surface area contributed by atoms with Crippen LogP contribution in [-0.4, -0.2) is 43.4 Å². The molecule has 2 aromatic carbocycles. The number of anilines is 1. The second kappa shape index (κ2) is 12.6. The quantitative estimate of drug-likeness (QED) is 0.368. The molecular formula is C33H43ClN2O5S. The molecule has 0 spiro atoms. The SMILES string of the molecule is CC[C@@]1(O)/C=C/C[C@H](C)[C@@H](C)S(=O)(=O)NC(=O)c2ccc3c(c2)N(CCCCc2cc(Cl)ccc2CO3)C[C@@H]2CC[C@H]21. The van der Waals surface area contributed by atoms with E-state index in [0.29, 0.717) is 36.8 Å². The number of aryl methyl sites for hydroxylation is 1. The minimum atomic E-state index is -3.93. The van der Waals surface area contributed by atoms with Crippen molar-refractivity contribution in [3.63, 3.8) is 0 Å². The second-order valence-corrected chi connectivity index (χ2v) is 14.8. The Kier molecular flexibility index (Phi) is 9.26. The molecule has 2 N–H and O–H groups in total. The third kappa shape index (κ3) is 6.51. The number of rotatable bonds is 1. The lowest BCUT2D eigenvalue weighted by Crippen LogP contribution is -2.49. The highest BCUT2D eigenvalue weighted by Crippen LogP contribution is 2.46. The van der Waals surface area contributed by atoms with Crippen LogP contribution in [-0.2, 0) is 23.1 Å². The molecule has 0 aromatic heterocycles. The fourth-order valence-corrected chi connectivity index (χ4v) is 8.06. The molecule has 2 heterocycles. The van der Waals surface area contributed by atoms with Crippen LogP contribution >= 0.6 is 11.6 Å². The molecule has 2 aliphatic heterocycles. The summed E-state index contributed by atoms with van der Waals surface area (Å²) in [6.45, 7) is 7.31. The standard InChI is InChI=1S/C33H43ClN2O5S/c1-4-33(38)16-7-8-22(2)23(3)42(39,40)35-32(37)25-12-15-31-30(19-25)36(20-26-11-14-29(26)33)17-6-5-9-24-18-28(34)13-10-27(24)21-41-31/h7,10,12-13,15-16,18-19,22-23,26,29,38H,4-6,8-9,11,14,17,20-21H2,1-3H3,(H,35,37)/b16-7+/t22-,23+,26-,29+,33+/m0/s1. The van der Waals surface area contributed by atoms with Crippen LogP contribution in [0.25, 0.3) is 0 Å². The molecule has 5 atom stereocenters. The first-order valence-electron chi connectivity index (χ1n) is 15.3. The number of amides is 1. The Bertz CT molecular complexity index is 1440. The van der Waals surface area contributed by atoms with Gasteiger partial charge in [0.2, 0.25) is 10.0 Å². The van der Waals surface area contributed by atoms with Crippen molar-refractivity contribution in [3.05, 3.63) is 70.3 Å². The largest absolute Gasteiger partial charge is 0.487 e. The van der Waals surface area contributed by atoms with Crippen molar-refractivity contribution in [2.75, 3.05) is 18.0 Å². The van der Waals surface area contributed by atoms with E-state index < -0.39 is 26.8 Å². The first kappa shape index (κ1) is 30.9. The zero-order valence-corrected chi connectivity index (χ0v) is 26.4. The van der Waals surface area contributed by atoms with E-state index >= 15 is 0 Å². The Morgan fingerprint density at radius 2 is 1.93 bits per heavy atom. The van der Waals surface area contributed by atoms with Gasteiger partial charge in [0.25, 0.3) is 5.91 Å². The van der Waals surface area contributed by atoms with E-state index in [-0.39, 0.29) is 23.3 Å². The van der Waals surface area contributed by atoms with E-state index in [4.69, 9.17) is 16.3 Å². The summed E-state index contributed by atoms with van der Waals surface area (Å²) in [4.78, 5) is 15.6. The zero-order valence-electron chi connectivity index (χ0n) is 24.8. The first-order valence-corrected chi connectivity index (χ1v) is 17.2. The molecule has 1 saturated carbocycles. The Hall–Kier alpha value is -2.55. The molecule has 2 aromatic rings. The number of hydrogen-bond donors (Lipinski definition) is 2. The number of hydrogen-bond acceptors (Lipinski definition) is 6. The molecule has 1 fully saturated rings. The molecule has 1 amide bonds. The predicted octanol–water partition coefficient (Wildman–Crippen LogP) is 6.27. The summed E-state index contributed by atoms with van der Waals surface area (Å²) < 4.78 is 35.1. The molecule has 7 nitrogen and oxygen atoms in total. The van der Waals surface area contributed by atoms with Crippen LogP contribution in [0.3, 0.4) is 0 Å². The van der Waals surface area contributed by atoms with Gasteiger partial charge in [-0.2, -0.15) is 0 Å². The molecule has 5 rings (SSSR count). The van der Waals surface area contributed by atoms with E-state index in [1.807, 2.05) is 44.2 Å². The van der Waals surface area contributed by atoms with Gasteiger partial charge < -0.3 is 14.7 Å². The summed E-state index contributed by atoms with van der Waals surface area (Å²) in [7, 11) is -3.93. The van der Waals surface area contributed by atoms with Crippen LogP contribution in [0.5, 0.6) is 5.75 Å². The average molecular weight is 615 g/mol. The summed E-state index contributed by atoms with van der Waals surface area (Å²) in [5.41, 5.74) is 2.34. The van der Waals surface area contributed by atoms with Crippen molar-refractivity contribution in [2.45, 2.75) is 83.2 Å². The van der Waals surface area contributed by atoms with Crippen molar-refractivity contribution in [1.82, 2.24) is 4.72 Å². The van der Waals surface area contributed by atoms with E-state index in [1.54, 1.807) is 25.1 Å². The Labute approximate surface area is 255 Å². The number of sulfonamides is 1. The van der Waals surface area contributed by atoms with Gasteiger partial charge in [0.1, 0.15) is 12.4 Å². The fourth-order valence-electron chi connectivity index (χ4n) is 6.58. The van der Waals surface area contributed by atoms with Gasteiger partial charge in [0, 0.05) is 23.7 Å². The van der Waals surface area contributed by atoms with Gasteiger partial charge in [-0.05, 0) is 111 Å². The van der Waals surface area contributed by atoms with Gasteiger partial charge in [-0.1, -0.05) is 43.7 Å². The third-order valence-corrected chi connectivity index (χ3v) is 11.9. The molecule has 0 unspecified atom stereocenters. The monoisotopic (exact) mass is 614 g/mol. The molecule has 9 heteroatoms. The van der Waals surface area contributed by atoms with Crippen LogP contribution in [0, 0.1) is 17.8 Å². The summed E-state index contributed by atoms with van der Waals surface area (Å²) >= 11 is 6.31. The van der Waals surface area contributed by atoms with Crippen LogP contribution in [0.2, 0.25) is 5.02 Å². The topological polar surface area (TPSA) is 95.9 Å². The van der Waals surface area contributed by atoms with Crippen molar-refractivity contribution in [3.8, 4) is 5.75 Å². The molecule has 1 aliphatic carbocycles. The summed E-state index contributed by atoms with van der Waals surface area (Å²) in [5, 5.41) is 11.7. The van der Waals surface area contributed by atoms with Crippen molar-refractivity contribution in [1.29, 1.82) is 0 Å². The molecule has 0 saturated heterocycles. The van der Waals surface area contributed by atoms with Crippen LogP contribution in [0.15, 0.2) is 48.6 Å². The molecule has 42 heavy (non-hydrogen) atoms. The normalized spacial score (nSPS) is 30.8. The predicted molar refractivity (Wildman–Crippen MR) is 168 cm³/mol. The van der Waals surface area contributed by atoms with E-state index in [9.17, 15) is 18.3 Å². The highest BCUT2D eigenvalue weighted by molar-refractivity contribution is 7.90. The van der Waals surface area contributed by atoms with Crippen LogP contribution in [0.1, 0.15) is 80.8 Å². The maximum Gasteiger partial charge on any atom is 0.264 e. The summed E-state index contributed by atoms with van der Waals surface area (Å²) in [6.07, 6.45) is 9.63. The van der Waals surface area contributed by atoms with E-state index in [0.717, 1.165) is 49.9 Å². The van der Waals surface area contributed by atoms with Gasteiger partial charge in [-0.15, -0.1) is 0 Å². The number of nitrogens with zero attached hydrogens (tertiary/aromatic N) is 1. The number of ether oxygens (including phenoxy) is 1. The highest BCUT2D eigenvalue weighted by Gasteiger charge is 2.45. The Balaban J connectivity index is 1.57. The smallest absolute Gasteiger partial charge is 0.264 e. The number of carbonyl (C=O) groups excluding carboxylic acids is 1. The number of nitrogens with one attached hydrogen (secondary N) is 1. The van der Waals surface area contributed by atoms with Gasteiger partial charge in [-0.3, -0.25) is 4.79 Å². The molecule has 2 bridgehead atoms. The van der Waals surface area contributed by atoms with Crippen LogP contribution in [0.4, 0.5) is 5.69 Å². The maximum atomic E-state index is 13.3. The van der Waals surface area contributed by atoms with Gasteiger partial charge in [0.15, 0.2) is 0 Å². The molecule has 3 aliphatic rings. The minimum Gasteiger partial charge on any atom is -0.487 e. The van der Waals surface area contributed by atoms with Crippen LogP contribution < -0.4 is 14.4 Å². The number of carbonyl (C=O) groups is 1. The van der Waals surface area contributed by atoms with Crippen molar-refractivity contribution in [2.24, 2.45) is 17.8 Å². The second-order valence-electron chi connectivity index (χ2n) is 12.4. The number of halogens is 1. The highest BCUT2D eigenvalue weighted by atomic mass is 35.5. The van der Waals surface area contributed by atoms with Gasteiger partial charge >= 0.3 is 0 Å². The lowest BCUT2D eigenvalue weighted by molar-refractivity contribution is -0.0473.